The molecule has 1 N–H and O–H groups in total. The van der Waals surface area contributed by atoms with Gasteiger partial charge in [-0.15, -0.1) is 0 Å². The maximum atomic E-state index is 12.3. The van der Waals surface area contributed by atoms with Gasteiger partial charge in [0.15, 0.2) is 0 Å². The molecule has 2 aromatic carbocycles. The Labute approximate surface area is 128 Å². The maximum Gasteiger partial charge on any atom is 0.273 e. The Morgan fingerprint density at radius 3 is 2.57 bits per heavy atom. The van der Waals surface area contributed by atoms with Gasteiger partial charge in [0, 0.05) is 21.4 Å². The van der Waals surface area contributed by atoms with Gasteiger partial charge in [-0.2, -0.15) is 9.78 Å². The second-order valence-corrected chi connectivity index (χ2v) is 5.72. The molecule has 0 amide bonds. The van der Waals surface area contributed by atoms with E-state index >= 15 is 0 Å². The van der Waals surface area contributed by atoms with Crippen LogP contribution in [0.4, 0.5) is 0 Å². The van der Waals surface area contributed by atoms with E-state index in [4.69, 9.17) is 0 Å². The van der Waals surface area contributed by atoms with Crippen molar-refractivity contribution in [1.82, 2.24) is 14.8 Å². The van der Waals surface area contributed by atoms with Crippen LogP contribution in [-0.4, -0.2) is 14.8 Å². The van der Waals surface area contributed by atoms with E-state index < -0.39 is 0 Å². The van der Waals surface area contributed by atoms with Crippen molar-refractivity contribution in [3.05, 3.63) is 69.4 Å². The number of hydrogen-bond acceptors (Lipinski definition) is 2. The number of nitrogens with zero attached hydrogens (tertiary/aromatic N) is 2. The van der Waals surface area contributed by atoms with Crippen LogP contribution in [0.2, 0.25) is 0 Å². The van der Waals surface area contributed by atoms with E-state index in [1.807, 2.05) is 48.5 Å². The molecular formula is C16H10BrN3O. The van der Waals surface area contributed by atoms with Gasteiger partial charge in [0.1, 0.15) is 5.52 Å². The van der Waals surface area contributed by atoms with E-state index in [0.717, 1.165) is 32.1 Å². The third-order valence-corrected chi connectivity index (χ3v) is 3.98. The SMILES string of the molecule is O=c1cc2[nH]c3ccccc3c2nn1-c1ccc(Br)cc1. The quantitative estimate of drug-likeness (QED) is 0.575. The van der Waals surface area contributed by atoms with Gasteiger partial charge >= 0.3 is 0 Å². The van der Waals surface area contributed by atoms with Crippen molar-refractivity contribution < 1.29 is 0 Å². The van der Waals surface area contributed by atoms with Crippen LogP contribution < -0.4 is 5.56 Å². The first kappa shape index (κ1) is 12.3. The molecule has 0 unspecified atom stereocenters. The van der Waals surface area contributed by atoms with Crippen LogP contribution >= 0.6 is 15.9 Å². The lowest BCUT2D eigenvalue weighted by molar-refractivity contribution is 0.833. The zero-order valence-electron chi connectivity index (χ0n) is 10.9. The summed E-state index contributed by atoms with van der Waals surface area (Å²) in [5, 5.41) is 5.53. The number of rotatable bonds is 1. The molecule has 4 nitrogen and oxygen atoms in total. The summed E-state index contributed by atoms with van der Waals surface area (Å²) in [7, 11) is 0. The Balaban J connectivity index is 2.05. The predicted molar refractivity (Wildman–Crippen MR) is 86.9 cm³/mol. The Kier molecular flexibility index (Phi) is 2.68. The minimum absolute atomic E-state index is 0.156. The summed E-state index contributed by atoms with van der Waals surface area (Å²) < 4.78 is 2.39. The fourth-order valence-corrected chi connectivity index (χ4v) is 2.73. The highest BCUT2D eigenvalue weighted by atomic mass is 79.9. The third kappa shape index (κ3) is 1.97. The smallest absolute Gasteiger partial charge is 0.273 e. The average molecular weight is 340 g/mol. The molecule has 4 rings (SSSR count). The van der Waals surface area contributed by atoms with Crippen molar-refractivity contribution in [2.75, 3.05) is 0 Å². The number of H-pyrrole nitrogens is 1. The van der Waals surface area contributed by atoms with E-state index in [9.17, 15) is 4.79 Å². The number of para-hydroxylation sites is 1. The van der Waals surface area contributed by atoms with Gasteiger partial charge in [0.2, 0.25) is 0 Å². The zero-order valence-corrected chi connectivity index (χ0v) is 12.5. The van der Waals surface area contributed by atoms with E-state index in [1.54, 1.807) is 6.07 Å². The van der Waals surface area contributed by atoms with Crippen molar-refractivity contribution in [2.24, 2.45) is 0 Å². The molecule has 102 valence electrons. The van der Waals surface area contributed by atoms with Gasteiger partial charge in [0.05, 0.1) is 11.2 Å². The average Bonchev–Trinajstić information content (AvgIpc) is 2.84. The first-order valence-electron chi connectivity index (χ1n) is 6.49. The maximum absolute atomic E-state index is 12.3. The fourth-order valence-electron chi connectivity index (χ4n) is 2.46. The van der Waals surface area contributed by atoms with Crippen LogP contribution in [0.15, 0.2) is 63.9 Å². The summed E-state index contributed by atoms with van der Waals surface area (Å²) in [6.07, 6.45) is 0. The van der Waals surface area contributed by atoms with E-state index in [1.165, 1.54) is 4.68 Å². The van der Waals surface area contributed by atoms with Gasteiger partial charge in [-0.3, -0.25) is 4.79 Å². The summed E-state index contributed by atoms with van der Waals surface area (Å²) >= 11 is 3.39. The molecular weight excluding hydrogens is 330 g/mol. The number of halogens is 1. The largest absolute Gasteiger partial charge is 0.353 e. The summed E-state index contributed by atoms with van der Waals surface area (Å²) in [4.78, 5) is 15.5. The minimum atomic E-state index is -0.156. The molecule has 0 saturated carbocycles. The molecule has 0 aliphatic heterocycles. The van der Waals surface area contributed by atoms with Gasteiger partial charge in [0.25, 0.3) is 5.56 Å². The van der Waals surface area contributed by atoms with E-state index in [2.05, 4.69) is 26.0 Å². The van der Waals surface area contributed by atoms with Gasteiger partial charge < -0.3 is 4.98 Å². The van der Waals surface area contributed by atoms with Crippen LogP contribution in [0.1, 0.15) is 0 Å². The highest BCUT2D eigenvalue weighted by Crippen LogP contribution is 2.22. The molecule has 2 heterocycles. The molecule has 0 atom stereocenters. The standard InChI is InChI=1S/C16H10BrN3O/c17-10-5-7-11(8-6-10)20-15(21)9-14-16(19-20)12-3-1-2-4-13(12)18-14/h1-9,18H. The fraction of sp³-hybridized carbons (Fsp3) is 0. The van der Waals surface area contributed by atoms with Crippen molar-refractivity contribution in [3.8, 4) is 5.69 Å². The van der Waals surface area contributed by atoms with Gasteiger partial charge in [-0.25, -0.2) is 0 Å². The number of benzene rings is 2. The van der Waals surface area contributed by atoms with E-state index in [0.29, 0.717) is 0 Å². The highest BCUT2D eigenvalue weighted by molar-refractivity contribution is 9.10. The lowest BCUT2D eigenvalue weighted by atomic mass is 10.2. The van der Waals surface area contributed by atoms with Crippen molar-refractivity contribution in [1.29, 1.82) is 0 Å². The molecule has 0 spiro atoms. The van der Waals surface area contributed by atoms with Crippen LogP contribution in [-0.2, 0) is 0 Å². The molecule has 0 fully saturated rings. The highest BCUT2D eigenvalue weighted by Gasteiger charge is 2.09. The molecule has 5 heteroatoms. The van der Waals surface area contributed by atoms with Crippen molar-refractivity contribution >= 4 is 37.9 Å². The van der Waals surface area contributed by atoms with E-state index in [-0.39, 0.29) is 5.56 Å². The molecule has 2 aromatic heterocycles. The summed E-state index contributed by atoms with van der Waals surface area (Å²) in [6.45, 7) is 0. The van der Waals surface area contributed by atoms with Crippen LogP contribution in [0.25, 0.3) is 27.6 Å². The molecule has 0 aliphatic rings. The Bertz CT molecular complexity index is 1020. The molecule has 0 radical (unpaired) electrons. The summed E-state index contributed by atoms with van der Waals surface area (Å²) in [5.41, 5.74) is 3.13. The van der Waals surface area contributed by atoms with Gasteiger partial charge in [-0.1, -0.05) is 34.1 Å². The third-order valence-electron chi connectivity index (χ3n) is 3.45. The first-order chi connectivity index (χ1) is 10.2. The zero-order chi connectivity index (χ0) is 14.4. The first-order valence-corrected chi connectivity index (χ1v) is 7.28. The minimum Gasteiger partial charge on any atom is -0.353 e. The number of hydrogen-bond donors (Lipinski definition) is 1. The Morgan fingerprint density at radius 2 is 1.76 bits per heavy atom. The summed E-state index contributed by atoms with van der Waals surface area (Å²) in [5.74, 6) is 0. The molecule has 0 bridgehead atoms. The Hall–Kier alpha value is -2.40. The Morgan fingerprint density at radius 1 is 1.00 bits per heavy atom. The predicted octanol–water partition coefficient (Wildman–Crippen LogP) is 3.63. The topological polar surface area (TPSA) is 50.7 Å². The second kappa shape index (κ2) is 4.56. The number of nitrogens with one attached hydrogen (secondary N) is 1. The second-order valence-electron chi connectivity index (χ2n) is 4.80. The van der Waals surface area contributed by atoms with Crippen LogP contribution in [0.3, 0.4) is 0 Å². The normalized spacial score (nSPS) is 11.3. The molecule has 0 saturated heterocycles. The molecule has 4 aromatic rings. The monoisotopic (exact) mass is 339 g/mol. The molecule has 21 heavy (non-hydrogen) atoms. The lowest BCUT2D eigenvalue weighted by Gasteiger charge is -2.04. The van der Waals surface area contributed by atoms with Crippen molar-refractivity contribution in [3.63, 3.8) is 0 Å². The number of aromatic nitrogens is 3. The summed E-state index contributed by atoms with van der Waals surface area (Å²) in [6, 6.07) is 17.0. The number of fused-ring (bicyclic) bond motifs is 3. The lowest BCUT2D eigenvalue weighted by Crippen LogP contribution is -2.19. The van der Waals surface area contributed by atoms with Crippen LogP contribution in [0.5, 0.6) is 0 Å². The van der Waals surface area contributed by atoms with Gasteiger partial charge in [-0.05, 0) is 30.3 Å². The number of aromatic amines is 1. The van der Waals surface area contributed by atoms with Crippen LogP contribution in [0, 0.1) is 0 Å². The van der Waals surface area contributed by atoms with Crippen molar-refractivity contribution in [2.45, 2.75) is 0 Å². The molecule has 0 aliphatic carbocycles.